The van der Waals surface area contributed by atoms with Crippen LogP contribution in [0.5, 0.6) is 11.5 Å². The fourth-order valence-electron chi connectivity index (χ4n) is 4.80. The van der Waals surface area contributed by atoms with Crippen LogP contribution in [0.4, 0.5) is 5.82 Å². The van der Waals surface area contributed by atoms with Gasteiger partial charge in [-0.2, -0.15) is 0 Å². The summed E-state index contributed by atoms with van der Waals surface area (Å²) >= 11 is 0. The van der Waals surface area contributed by atoms with Gasteiger partial charge in [0.15, 0.2) is 17.3 Å². The van der Waals surface area contributed by atoms with Crippen molar-refractivity contribution in [1.82, 2.24) is 15.2 Å². The summed E-state index contributed by atoms with van der Waals surface area (Å²) in [6.45, 7) is 4.60. The summed E-state index contributed by atoms with van der Waals surface area (Å²) in [6.07, 6.45) is 1.68. The van der Waals surface area contributed by atoms with Crippen molar-refractivity contribution in [1.29, 1.82) is 0 Å². The molecule has 1 N–H and O–H groups in total. The molecule has 2 aliphatic heterocycles. The lowest BCUT2D eigenvalue weighted by molar-refractivity contribution is 0.0715. The van der Waals surface area contributed by atoms with Crippen LogP contribution in [0.3, 0.4) is 0 Å². The molecule has 0 spiro atoms. The van der Waals surface area contributed by atoms with Gasteiger partial charge in [0.1, 0.15) is 11.4 Å². The number of nitrogens with zero attached hydrogens (tertiary/aromatic N) is 3. The first-order valence-electron chi connectivity index (χ1n) is 12.2. The molecule has 9 nitrogen and oxygen atoms in total. The largest absolute Gasteiger partial charge is 0.454 e. The number of amides is 2. The van der Waals surface area contributed by atoms with Crippen LogP contribution in [0.1, 0.15) is 32.0 Å². The Morgan fingerprint density at radius 3 is 2.62 bits per heavy atom. The van der Waals surface area contributed by atoms with Crippen molar-refractivity contribution in [3.8, 4) is 11.5 Å². The summed E-state index contributed by atoms with van der Waals surface area (Å²) < 4.78 is 16.6. The minimum atomic E-state index is -0.211. The first-order chi connectivity index (χ1) is 18.1. The van der Waals surface area contributed by atoms with Crippen LogP contribution < -0.4 is 19.7 Å². The predicted molar refractivity (Wildman–Crippen MR) is 137 cm³/mol. The Balaban J connectivity index is 1.12. The van der Waals surface area contributed by atoms with Crippen molar-refractivity contribution in [3.63, 3.8) is 0 Å². The number of carbonyl (C=O) groups is 2. The van der Waals surface area contributed by atoms with E-state index in [1.165, 1.54) is 0 Å². The molecule has 1 fully saturated rings. The lowest BCUT2D eigenvalue weighted by Gasteiger charge is -2.35. The molecule has 2 amide bonds. The molecule has 0 radical (unpaired) electrons. The number of nitrogens with one attached hydrogen (secondary N) is 1. The van der Waals surface area contributed by atoms with E-state index in [0.717, 1.165) is 16.5 Å². The van der Waals surface area contributed by atoms with E-state index >= 15 is 0 Å². The molecule has 0 bridgehead atoms. The maximum absolute atomic E-state index is 13.2. The number of anilines is 1. The number of fused-ring (bicyclic) bond motifs is 2. The van der Waals surface area contributed by atoms with Crippen molar-refractivity contribution < 1.29 is 23.5 Å². The molecule has 6 rings (SSSR count). The van der Waals surface area contributed by atoms with E-state index in [9.17, 15) is 9.59 Å². The van der Waals surface area contributed by atoms with Crippen molar-refractivity contribution in [3.05, 3.63) is 83.2 Å². The molecule has 2 aliphatic rings. The fraction of sp³-hybridized carbons (Fsp3) is 0.250. The number of hydrogen-bond donors (Lipinski definition) is 1. The van der Waals surface area contributed by atoms with Gasteiger partial charge < -0.3 is 29.0 Å². The van der Waals surface area contributed by atoms with Gasteiger partial charge in [-0.3, -0.25) is 9.59 Å². The average molecular weight is 499 g/mol. The van der Waals surface area contributed by atoms with Gasteiger partial charge in [-0.1, -0.05) is 24.3 Å². The highest BCUT2D eigenvalue weighted by atomic mass is 16.7. The van der Waals surface area contributed by atoms with Crippen LogP contribution in [0.2, 0.25) is 0 Å². The van der Waals surface area contributed by atoms with Gasteiger partial charge in [-0.05, 0) is 42.8 Å². The number of aryl methyl sites for hydroxylation is 1. The first-order valence-corrected chi connectivity index (χ1v) is 12.2. The number of aromatic nitrogens is 1. The van der Waals surface area contributed by atoms with Crippen molar-refractivity contribution in [2.45, 2.75) is 13.5 Å². The summed E-state index contributed by atoms with van der Waals surface area (Å²) in [6, 6.07) is 16.8. The molecule has 0 aliphatic carbocycles. The second kappa shape index (κ2) is 9.50. The molecule has 4 aromatic rings. The Hall–Kier alpha value is -4.53. The molecule has 0 unspecified atom stereocenters. The number of pyridine rings is 1. The number of para-hydroxylation sites is 1. The first kappa shape index (κ1) is 22.9. The molecule has 9 heteroatoms. The van der Waals surface area contributed by atoms with Gasteiger partial charge in [-0.25, -0.2) is 4.98 Å². The number of benzene rings is 2. The van der Waals surface area contributed by atoms with Gasteiger partial charge >= 0.3 is 0 Å². The Bertz CT molecular complexity index is 1490. The lowest BCUT2D eigenvalue weighted by atomic mass is 10.1. The second-order valence-corrected chi connectivity index (χ2v) is 9.08. The van der Waals surface area contributed by atoms with E-state index in [1.807, 2.05) is 54.3 Å². The summed E-state index contributed by atoms with van der Waals surface area (Å²) in [7, 11) is 0. The smallest absolute Gasteiger partial charge is 0.290 e. The zero-order valence-corrected chi connectivity index (χ0v) is 20.4. The average Bonchev–Trinajstić information content (AvgIpc) is 3.55. The number of rotatable bonds is 5. The van der Waals surface area contributed by atoms with E-state index in [1.54, 1.807) is 23.2 Å². The molecule has 2 aromatic carbocycles. The maximum Gasteiger partial charge on any atom is 0.290 e. The number of ether oxygens (including phenoxy) is 2. The number of piperazine rings is 1. The standard InChI is InChI=1S/C28H26N4O5/c1-18-20-5-2-3-7-22(20)37-25(18)28(34)32-13-11-31(12-14-32)26-21(6-4-10-29-26)27(33)30-16-19-8-9-23-24(15-19)36-17-35-23/h2-10,15H,11-14,16-17H2,1H3,(H,30,33). The van der Waals surface area contributed by atoms with Crippen LogP contribution in [0, 0.1) is 6.92 Å². The molecule has 0 atom stereocenters. The molecule has 188 valence electrons. The van der Waals surface area contributed by atoms with E-state index < -0.39 is 0 Å². The van der Waals surface area contributed by atoms with Crippen molar-refractivity contribution in [2.75, 3.05) is 37.9 Å². The van der Waals surface area contributed by atoms with Crippen LogP contribution >= 0.6 is 0 Å². The highest BCUT2D eigenvalue weighted by molar-refractivity contribution is 6.00. The zero-order valence-electron chi connectivity index (χ0n) is 20.4. The number of carbonyl (C=O) groups excluding carboxylic acids is 2. The third-order valence-electron chi connectivity index (χ3n) is 6.83. The fourth-order valence-corrected chi connectivity index (χ4v) is 4.80. The second-order valence-electron chi connectivity index (χ2n) is 9.08. The van der Waals surface area contributed by atoms with Gasteiger partial charge in [0.2, 0.25) is 6.79 Å². The lowest BCUT2D eigenvalue weighted by Crippen LogP contribution is -2.49. The number of furan rings is 1. The van der Waals surface area contributed by atoms with Gasteiger partial charge in [-0.15, -0.1) is 0 Å². The van der Waals surface area contributed by atoms with Crippen LogP contribution in [0.15, 0.2) is 65.2 Å². The highest BCUT2D eigenvalue weighted by Gasteiger charge is 2.28. The molecular formula is C28H26N4O5. The van der Waals surface area contributed by atoms with Crippen LogP contribution in [-0.4, -0.2) is 54.7 Å². The maximum atomic E-state index is 13.2. The third-order valence-corrected chi connectivity index (χ3v) is 6.83. The zero-order chi connectivity index (χ0) is 25.4. The van der Waals surface area contributed by atoms with Crippen molar-refractivity contribution >= 4 is 28.6 Å². The van der Waals surface area contributed by atoms with Crippen LogP contribution in [0.25, 0.3) is 11.0 Å². The van der Waals surface area contributed by atoms with E-state index in [2.05, 4.69) is 10.3 Å². The molecule has 0 saturated carbocycles. The monoisotopic (exact) mass is 498 g/mol. The molecule has 4 heterocycles. The van der Waals surface area contributed by atoms with Gasteiger partial charge in [0.05, 0.1) is 5.56 Å². The molecule has 37 heavy (non-hydrogen) atoms. The van der Waals surface area contributed by atoms with E-state index in [-0.39, 0.29) is 18.6 Å². The Morgan fingerprint density at radius 1 is 0.973 bits per heavy atom. The quantitative estimate of drug-likeness (QED) is 0.448. The van der Waals surface area contributed by atoms with E-state index in [4.69, 9.17) is 13.9 Å². The van der Waals surface area contributed by atoms with E-state index in [0.29, 0.717) is 66.9 Å². The third kappa shape index (κ3) is 4.33. The number of hydrogen-bond acceptors (Lipinski definition) is 7. The molecule has 2 aromatic heterocycles. The summed E-state index contributed by atoms with van der Waals surface area (Å²) in [5, 5.41) is 3.93. The molecule has 1 saturated heterocycles. The predicted octanol–water partition coefficient (Wildman–Crippen LogP) is 3.76. The van der Waals surface area contributed by atoms with Crippen LogP contribution in [-0.2, 0) is 6.54 Å². The summed E-state index contributed by atoms with van der Waals surface area (Å²) in [5.74, 6) is 2.05. The Kier molecular flexibility index (Phi) is 5.88. The summed E-state index contributed by atoms with van der Waals surface area (Å²) in [5.41, 5.74) is 2.98. The Morgan fingerprint density at radius 2 is 1.78 bits per heavy atom. The SMILES string of the molecule is Cc1c(C(=O)N2CCN(c3ncccc3C(=O)NCc3ccc4c(c3)OCO4)CC2)oc2ccccc12. The molecular weight excluding hydrogens is 472 g/mol. The van der Waals surface area contributed by atoms with Crippen molar-refractivity contribution in [2.24, 2.45) is 0 Å². The van der Waals surface area contributed by atoms with Gasteiger partial charge in [0, 0.05) is 49.9 Å². The Labute approximate surface area is 213 Å². The van der Waals surface area contributed by atoms with Gasteiger partial charge in [0.25, 0.3) is 11.8 Å². The summed E-state index contributed by atoms with van der Waals surface area (Å²) in [4.78, 5) is 34.6. The topological polar surface area (TPSA) is 97.1 Å². The normalized spacial score (nSPS) is 14.7. The highest BCUT2D eigenvalue weighted by Crippen LogP contribution is 2.32. The minimum Gasteiger partial charge on any atom is -0.454 e. The minimum absolute atomic E-state index is 0.115.